The Morgan fingerprint density at radius 1 is 1.86 bits per heavy atom. The van der Waals surface area contributed by atoms with Crippen LogP contribution in [0.2, 0.25) is 0 Å². The first kappa shape index (κ1) is 3.50. The number of fused-ring (bicyclic) bond motifs is 2. The first-order valence-electron chi connectivity index (χ1n) is 2.56. The average Bonchev–Trinajstić information content (AvgIpc) is 2.22. The second kappa shape index (κ2) is 1.01. The Kier molecular flexibility index (Phi) is 0.504. The lowest BCUT2D eigenvalue weighted by Gasteiger charge is -2.03. The van der Waals surface area contributed by atoms with Crippen LogP contribution in [0.1, 0.15) is 12.8 Å². The van der Waals surface area contributed by atoms with Crippen molar-refractivity contribution in [2.75, 3.05) is 0 Å². The fraction of sp³-hybridized carbons (Fsp3) is 0.600. The Bertz CT molecular complexity index is 119. The summed E-state index contributed by atoms with van der Waals surface area (Å²) in [6, 6.07) is 0. The van der Waals surface area contributed by atoms with Crippen molar-refractivity contribution in [1.82, 2.24) is 5.48 Å². The Morgan fingerprint density at radius 3 is 3.00 bits per heavy atom. The molecule has 7 heavy (non-hydrogen) atoms. The van der Waals surface area contributed by atoms with Crippen molar-refractivity contribution in [3.8, 4) is 0 Å². The number of hydrogen-bond acceptors (Lipinski definition) is 2. The third-order valence-electron chi connectivity index (χ3n) is 1.43. The van der Waals surface area contributed by atoms with Crippen molar-refractivity contribution in [3.63, 3.8) is 0 Å². The molecular weight excluding hydrogens is 90.1 g/mol. The number of hydroxylamine groups is 1. The summed E-state index contributed by atoms with van der Waals surface area (Å²) in [6.07, 6.45) is 4.88. The molecule has 1 heterocycles. The van der Waals surface area contributed by atoms with Crippen molar-refractivity contribution in [2.45, 2.75) is 18.9 Å². The second-order valence-electron chi connectivity index (χ2n) is 2.01. The summed E-state index contributed by atoms with van der Waals surface area (Å²) in [4.78, 5) is 5.03. The zero-order valence-corrected chi connectivity index (χ0v) is 3.98. The lowest BCUT2D eigenvalue weighted by atomic mass is 10.3. The molecule has 1 fully saturated rings. The average molecular weight is 97.1 g/mol. The van der Waals surface area contributed by atoms with E-state index in [1.165, 1.54) is 5.70 Å². The molecule has 0 spiro atoms. The van der Waals surface area contributed by atoms with Crippen molar-refractivity contribution in [2.24, 2.45) is 0 Å². The third kappa shape index (κ3) is 0.370. The van der Waals surface area contributed by atoms with Gasteiger partial charge in [-0.15, -0.1) is 0 Å². The fourth-order valence-electron chi connectivity index (χ4n) is 1.02. The van der Waals surface area contributed by atoms with Crippen molar-refractivity contribution in [3.05, 3.63) is 11.8 Å². The molecule has 1 aliphatic heterocycles. The lowest BCUT2D eigenvalue weighted by molar-refractivity contribution is 0.0354. The second-order valence-corrected chi connectivity index (χ2v) is 2.01. The van der Waals surface area contributed by atoms with Gasteiger partial charge in [0.15, 0.2) is 0 Å². The predicted molar refractivity (Wildman–Crippen MR) is 25.3 cm³/mol. The quantitative estimate of drug-likeness (QED) is 0.477. The van der Waals surface area contributed by atoms with Gasteiger partial charge < -0.3 is 0 Å². The van der Waals surface area contributed by atoms with Crippen LogP contribution in [0, 0.1) is 0 Å². The molecule has 2 rings (SSSR count). The van der Waals surface area contributed by atoms with Gasteiger partial charge in [0.2, 0.25) is 0 Å². The maximum absolute atomic E-state index is 5.03. The van der Waals surface area contributed by atoms with E-state index in [4.69, 9.17) is 4.84 Å². The largest absolute Gasteiger partial charge is 0.272 e. The highest BCUT2D eigenvalue weighted by Crippen LogP contribution is 2.24. The molecule has 38 valence electrons. The standard InChI is InChI=1S/C5H7NO/c1-2-5-3-4(1)6-7-5/h1,5-6H,2-3H2/t5-/m1/s1. The van der Waals surface area contributed by atoms with E-state index in [0.29, 0.717) is 6.10 Å². The predicted octanol–water partition coefficient (Wildman–Crippen LogP) is 0.567. The van der Waals surface area contributed by atoms with Crippen LogP contribution in [-0.4, -0.2) is 6.10 Å². The van der Waals surface area contributed by atoms with E-state index in [1.54, 1.807) is 0 Å². The van der Waals surface area contributed by atoms with Gasteiger partial charge in [-0.1, -0.05) is 6.08 Å². The smallest absolute Gasteiger partial charge is 0.0943 e. The molecule has 0 amide bonds. The molecule has 0 aromatic carbocycles. The first-order chi connectivity index (χ1) is 3.45. The molecule has 0 saturated carbocycles. The zero-order chi connectivity index (χ0) is 4.69. The monoisotopic (exact) mass is 97.1 g/mol. The van der Waals surface area contributed by atoms with E-state index in [1.807, 2.05) is 0 Å². The minimum absolute atomic E-state index is 0.468. The Labute approximate surface area is 42.1 Å². The molecule has 2 heteroatoms. The van der Waals surface area contributed by atoms with Crippen LogP contribution in [0.25, 0.3) is 0 Å². The molecule has 2 aliphatic rings. The molecule has 1 aliphatic carbocycles. The summed E-state index contributed by atoms with van der Waals surface area (Å²) < 4.78 is 0. The van der Waals surface area contributed by atoms with Gasteiger partial charge in [-0.3, -0.25) is 10.3 Å². The topological polar surface area (TPSA) is 21.3 Å². The van der Waals surface area contributed by atoms with E-state index < -0.39 is 0 Å². The summed E-state index contributed by atoms with van der Waals surface area (Å²) in [5.74, 6) is 0. The molecule has 1 saturated heterocycles. The molecule has 0 radical (unpaired) electrons. The van der Waals surface area contributed by atoms with Gasteiger partial charge in [0.1, 0.15) is 0 Å². The van der Waals surface area contributed by atoms with Gasteiger partial charge in [0.05, 0.1) is 6.10 Å². The van der Waals surface area contributed by atoms with Gasteiger partial charge in [-0.2, -0.15) is 0 Å². The lowest BCUT2D eigenvalue weighted by Crippen LogP contribution is -2.11. The summed E-state index contributed by atoms with van der Waals surface area (Å²) in [6.45, 7) is 0. The summed E-state index contributed by atoms with van der Waals surface area (Å²) in [7, 11) is 0. The van der Waals surface area contributed by atoms with Crippen LogP contribution in [0.5, 0.6) is 0 Å². The van der Waals surface area contributed by atoms with Gasteiger partial charge >= 0.3 is 0 Å². The maximum Gasteiger partial charge on any atom is 0.0943 e. The molecule has 1 N–H and O–H groups in total. The van der Waals surface area contributed by atoms with Crippen LogP contribution in [-0.2, 0) is 4.84 Å². The SMILES string of the molecule is C1=C2C[C@@H](C1)ON2. The van der Waals surface area contributed by atoms with Crippen LogP contribution in [0.3, 0.4) is 0 Å². The maximum atomic E-state index is 5.03. The Hall–Kier alpha value is -0.500. The minimum Gasteiger partial charge on any atom is -0.272 e. The van der Waals surface area contributed by atoms with E-state index >= 15 is 0 Å². The molecule has 2 nitrogen and oxygen atoms in total. The van der Waals surface area contributed by atoms with E-state index in [0.717, 1.165) is 12.8 Å². The van der Waals surface area contributed by atoms with Crippen LogP contribution >= 0.6 is 0 Å². The highest BCUT2D eigenvalue weighted by atomic mass is 16.7. The summed E-state index contributed by atoms with van der Waals surface area (Å²) in [5, 5.41) is 0. The van der Waals surface area contributed by atoms with Gasteiger partial charge in [0, 0.05) is 12.1 Å². The minimum atomic E-state index is 0.468. The molecule has 0 unspecified atom stereocenters. The summed E-state index contributed by atoms with van der Waals surface area (Å²) in [5.41, 5.74) is 4.09. The van der Waals surface area contributed by atoms with Crippen LogP contribution in [0.4, 0.5) is 0 Å². The highest BCUT2D eigenvalue weighted by Gasteiger charge is 2.24. The number of hydrogen-bond donors (Lipinski definition) is 1. The fourth-order valence-corrected chi connectivity index (χ4v) is 1.02. The summed E-state index contributed by atoms with van der Waals surface area (Å²) >= 11 is 0. The number of nitrogens with one attached hydrogen (secondary N) is 1. The first-order valence-corrected chi connectivity index (χ1v) is 2.56. The third-order valence-corrected chi connectivity index (χ3v) is 1.43. The van der Waals surface area contributed by atoms with Gasteiger partial charge in [-0.25, -0.2) is 0 Å². The number of rotatable bonds is 0. The van der Waals surface area contributed by atoms with Crippen molar-refractivity contribution >= 4 is 0 Å². The Morgan fingerprint density at radius 2 is 2.86 bits per heavy atom. The van der Waals surface area contributed by atoms with E-state index in [9.17, 15) is 0 Å². The Balaban J connectivity index is 2.30. The van der Waals surface area contributed by atoms with Crippen LogP contribution < -0.4 is 5.48 Å². The molecule has 0 aromatic heterocycles. The van der Waals surface area contributed by atoms with Gasteiger partial charge in [-0.05, 0) is 6.42 Å². The molecule has 2 bridgehead atoms. The van der Waals surface area contributed by atoms with Crippen molar-refractivity contribution < 1.29 is 4.84 Å². The molecule has 1 atom stereocenters. The zero-order valence-electron chi connectivity index (χ0n) is 3.98. The molecular formula is C5H7NO. The highest BCUT2D eigenvalue weighted by molar-refractivity contribution is 5.10. The van der Waals surface area contributed by atoms with Crippen molar-refractivity contribution in [1.29, 1.82) is 0 Å². The van der Waals surface area contributed by atoms with E-state index in [2.05, 4.69) is 11.6 Å². The van der Waals surface area contributed by atoms with Crippen LogP contribution in [0.15, 0.2) is 11.8 Å². The van der Waals surface area contributed by atoms with E-state index in [-0.39, 0.29) is 0 Å². The normalized spacial score (nSPS) is 35.4. The molecule has 0 aromatic rings. The van der Waals surface area contributed by atoms with Gasteiger partial charge in [0.25, 0.3) is 0 Å².